The summed E-state index contributed by atoms with van der Waals surface area (Å²) in [6.45, 7) is 5.11. The van der Waals surface area contributed by atoms with Crippen molar-refractivity contribution in [2.75, 3.05) is 26.2 Å². The second-order valence-electron chi connectivity index (χ2n) is 9.10. The van der Waals surface area contributed by atoms with E-state index in [1.54, 1.807) is 0 Å². The molecule has 4 heterocycles. The summed E-state index contributed by atoms with van der Waals surface area (Å²) in [6.07, 6.45) is 6.99. The zero-order valence-electron chi connectivity index (χ0n) is 18.7. The van der Waals surface area contributed by atoms with Gasteiger partial charge in [0.05, 0.1) is 10.8 Å². The number of aromatic amines is 1. The van der Waals surface area contributed by atoms with Crippen molar-refractivity contribution >= 4 is 34.1 Å². The molecule has 0 saturated carbocycles. The number of para-hydroxylation sites is 1. The highest BCUT2D eigenvalue weighted by molar-refractivity contribution is 7.12. The Hall–Kier alpha value is -2.60. The van der Waals surface area contributed by atoms with Crippen LogP contribution in [0.4, 0.5) is 0 Å². The number of carbonyl (C=O) groups is 2. The van der Waals surface area contributed by atoms with Gasteiger partial charge in [-0.3, -0.25) is 9.59 Å². The van der Waals surface area contributed by atoms with Crippen molar-refractivity contribution < 1.29 is 9.59 Å². The normalized spacial score (nSPS) is 20.1. The second kappa shape index (κ2) is 9.10. The van der Waals surface area contributed by atoms with E-state index >= 15 is 0 Å². The van der Waals surface area contributed by atoms with Gasteiger partial charge in [0.1, 0.15) is 0 Å². The Bertz CT molecular complexity index is 1100. The molecule has 1 unspecified atom stereocenters. The number of nitrogens with one attached hydrogen (secondary N) is 1. The number of carbonyl (C=O) groups excluding carboxylic acids is 2. The summed E-state index contributed by atoms with van der Waals surface area (Å²) in [6, 6.07) is 10.4. The first-order valence-corrected chi connectivity index (χ1v) is 12.7. The lowest BCUT2D eigenvalue weighted by Crippen LogP contribution is -2.48. The molecule has 1 N–H and O–H groups in total. The van der Waals surface area contributed by atoms with E-state index in [0.29, 0.717) is 12.5 Å². The summed E-state index contributed by atoms with van der Waals surface area (Å²) in [5.41, 5.74) is 4.02. The molecule has 32 heavy (non-hydrogen) atoms. The molecule has 6 heteroatoms. The number of rotatable bonds is 4. The van der Waals surface area contributed by atoms with Crippen LogP contribution in [-0.4, -0.2) is 52.8 Å². The van der Waals surface area contributed by atoms with Crippen LogP contribution in [-0.2, 0) is 11.2 Å². The van der Waals surface area contributed by atoms with Crippen molar-refractivity contribution in [2.45, 2.75) is 44.9 Å². The van der Waals surface area contributed by atoms with E-state index in [0.717, 1.165) is 56.6 Å². The highest BCUT2D eigenvalue weighted by atomic mass is 32.1. The fourth-order valence-corrected chi connectivity index (χ4v) is 6.15. The quantitative estimate of drug-likeness (QED) is 0.606. The zero-order chi connectivity index (χ0) is 22.1. The van der Waals surface area contributed by atoms with E-state index in [1.807, 2.05) is 27.3 Å². The van der Waals surface area contributed by atoms with E-state index in [4.69, 9.17) is 0 Å². The third-order valence-electron chi connectivity index (χ3n) is 7.25. The number of likely N-dealkylation sites (tertiary alicyclic amines) is 2. The predicted molar refractivity (Wildman–Crippen MR) is 129 cm³/mol. The van der Waals surface area contributed by atoms with Crippen LogP contribution in [0, 0.1) is 5.92 Å². The molecule has 0 radical (unpaired) electrons. The van der Waals surface area contributed by atoms with E-state index in [9.17, 15) is 9.59 Å². The van der Waals surface area contributed by atoms with Crippen molar-refractivity contribution in [1.29, 1.82) is 0 Å². The molecule has 0 spiro atoms. The van der Waals surface area contributed by atoms with Crippen LogP contribution in [0.2, 0.25) is 0 Å². The second-order valence-corrected chi connectivity index (χ2v) is 10.1. The van der Waals surface area contributed by atoms with Crippen LogP contribution in [0.25, 0.3) is 10.9 Å². The highest BCUT2D eigenvalue weighted by Crippen LogP contribution is 2.35. The molecular formula is C26H31N3O2S. The highest BCUT2D eigenvalue weighted by Gasteiger charge is 2.34. The van der Waals surface area contributed by atoms with Gasteiger partial charge in [-0.2, -0.15) is 0 Å². The van der Waals surface area contributed by atoms with E-state index in [1.165, 1.54) is 33.4 Å². The van der Waals surface area contributed by atoms with Crippen LogP contribution in [0.5, 0.6) is 0 Å². The Morgan fingerprint density at radius 1 is 1.06 bits per heavy atom. The van der Waals surface area contributed by atoms with Gasteiger partial charge in [-0.15, -0.1) is 11.3 Å². The maximum atomic E-state index is 13.3. The van der Waals surface area contributed by atoms with Gasteiger partial charge in [-0.1, -0.05) is 31.2 Å². The lowest BCUT2D eigenvalue weighted by molar-refractivity contribution is -0.138. The minimum Gasteiger partial charge on any atom is -0.361 e. The number of amides is 2. The maximum absolute atomic E-state index is 13.3. The van der Waals surface area contributed by atoms with E-state index in [2.05, 4.69) is 36.3 Å². The molecular weight excluding hydrogens is 418 g/mol. The van der Waals surface area contributed by atoms with Gasteiger partial charge in [0.2, 0.25) is 5.91 Å². The SMILES string of the molecule is CCc1cccc2c(C3CCN(C(=O)C4CCCN(C(=O)c5cccs5)C4)CC3)c[nH]c12. The Kier molecular flexibility index (Phi) is 6.05. The molecule has 2 aromatic heterocycles. The number of aromatic nitrogens is 1. The van der Waals surface area contributed by atoms with Crippen molar-refractivity contribution in [3.8, 4) is 0 Å². The summed E-state index contributed by atoms with van der Waals surface area (Å²) < 4.78 is 0. The van der Waals surface area contributed by atoms with E-state index < -0.39 is 0 Å². The summed E-state index contributed by atoms with van der Waals surface area (Å²) >= 11 is 1.48. The monoisotopic (exact) mass is 449 g/mol. The molecule has 5 rings (SSSR count). The minimum atomic E-state index is -0.0654. The number of piperidine rings is 2. The van der Waals surface area contributed by atoms with Crippen molar-refractivity contribution in [1.82, 2.24) is 14.8 Å². The largest absolute Gasteiger partial charge is 0.361 e. The molecule has 1 aromatic carbocycles. The van der Waals surface area contributed by atoms with Crippen LogP contribution >= 0.6 is 11.3 Å². The van der Waals surface area contributed by atoms with Crippen LogP contribution in [0.1, 0.15) is 59.3 Å². The molecule has 2 amide bonds. The lowest BCUT2D eigenvalue weighted by atomic mass is 9.87. The third kappa shape index (κ3) is 3.96. The number of thiophene rings is 1. The summed E-state index contributed by atoms with van der Waals surface area (Å²) in [5, 5.41) is 3.27. The summed E-state index contributed by atoms with van der Waals surface area (Å²) in [7, 11) is 0. The molecule has 5 nitrogen and oxygen atoms in total. The standard InChI is InChI=1S/C26H31N3O2S/c1-2-18-6-3-8-21-22(16-27-24(18)21)19-10-13-28(14-11-19)25(30)20-7-4-12-29(17-20)26(31)23-9-5-15-32-23/h3,5-6,8-9,15-16,19-20,27H,2,4,7,10-14,17H2,1H3. The number of hydrogen-bond acceptors (Lipinski definition) is 3. The van der Waals surface area contributed by atoms with E-state index in [-0.39, 0.29) is 17.7 Å². The number of aryl methyl sites for hydroxylation is 1. The number of fused-ring (bicyclic) bond motifs is 1. The number of H-pyrrole nitrogens is 1. The Labute approximate surface area is 193 Å². The van der Waals surface area contributed by atoms with Crippen molar-refractivity contribution in [3.63, 3.8) is 0 Å². The van der Waals surface area contributed by atoms with Gasteiger partial charge in [0, 0.05) is 43.3 Å². The molecule has 1 atom stereocenters. The van der Waals surface area contributed by atoms with Crippen molar-refractivity contribution in [2.24, 2.45) is 5.92 Å². The topological polar surface area (TPSA) is 56.4 Å². The first-order valence-electron chi connectivity index (χ1n) is 11.9. The molecule has 0 bridgehead atoms. The molecule has 2 aliphatic heterocycles. The molecule has 2 fully saturated rings. The molecule has 0 aliphatic carbocycles. The maximum Gasteiger partial charge on any atom is 0.263 e. The van der Waals surface area contributed by atoms with Gasteiger partial charge in [0.25, 0.3) is 5.91 Å². The fourth-order valence-electron chi connectivity index (χ4n) is 5.46. The average molecular weight is 450 g/mol. The Morgan fingerprint density at radius 3 is 2.66 bits per heavy atom. The first-order chi connectivity index (χ1) is 15.7. The lowest BCUT2D eigenvalue weighted by Gasteiger charge is -2.37. The van der Waals surface area contributed by atoms with Gasteiger partial charge in [-0.25, -0.2) is 0 Å². The fraction of sp³-hybridized carbons (Fsp3) is 0.462. The predicted octanol–water partition coefficient (Wildman–Crippen LogP) is 5.05. The van der Waals surface area contributed by atoms with Crippen LogP contribution in [0.15, 0.2) is 41.9 Å². The third-order valence-corrected chi connectivity index (χ3v) is 8.11. The molecule has 168 valence electrons. The Balaban J connectivity index is 1.22. The van der Waals surface area contributed by atoms with Gasteiger partial charge in [0.15, 0.2) is 0 Å². The number of nitrogens with zero attached hydrogens (tertiary/aromatic N) is 2. The van der Waals surface area contributed by atoms with Crippen LogP contribution in [0.3, 0.4) is 0 Å². The first kappa shape index (κ1) is 21.3. The number of benzene rings is 1. The average Bonchev–Trinajstić information content (AvgIpc) is 3.53. The molecule has 2 saturated heterocycles. The molecule has 3 aromatic rings. The van der Waals surface area contributed by atoms with Crippen LogP contribution < -0.4 is 0 Å². The van der Waals surface area contributed by atoms with Gasteiger partial charge in [-0.05, 0) is 60.6 Å². The smallest absolute Gasteiger partial charge is 0.263 e. The zero-order valence-corrected chi connectivity index (χ0v) is 19.5. The summed E-state index contributed by atoms with van der Waals surface area (Å²) in [4.78, 5) is 34.2. The van der Waals surface area contributed by atoms with Crippen molar-refractivity contribution in [3.05, 3.63) is 57.9 Å². The van der Waals surface area contributed by atoms with Gasteiger partial charge >= 0.3 is 0 Å². The minimum absolute atomic E-state index is 0.0654. The Morgan fingerprint density at radius 2 is 1.91 bits per heavy atom. The molecule has 2 aliphatic rings. The number of hydrogen-bond donors (Lipinski definition) is 1. The summed E-state index contributed by atoms with van der Waals surface area (Å²) in [5.74, 6) is 0.730. The van der Waals surface area contributed by atoms with Gasteiger partial charge < -0.3 is 14.8 Å².